The topological polar surface area (TPSA) is 50.8 Å². The first-order valence-corrected chi connectivity index (χ1v) is 10.3. The van der Waals surface area contributed by atoms with Gasteiger partial charge in [-0.1, -0.05) is 30.3 Å². The van der Waals surface area contributed by atoms with Gasteiger partial charge in [0, 0.05) is 12.1 Å². The van der Waals surface area contributed by atoms with Crippen molar-refractivity contribution < 1.29 is 14.3 Å². The number of nitrogens with one attached hydrogen (secondary N) is 1. The lowest BCUT2D eigenvalue weighted by Crippen LogP contribution is -2.34. The van der Waals surface area contributed by atoms with Gasteiger partial charge in [-0.25, -0.2) is 0 Å². The molecule has 1 atom stereocenters. The maximum Gasteiger partial charge on any atom is 0.251 e. The van der Waals surface area contributed by atoms with E-state index in [1.54, 1.807) is 36.6 Å². The van der Waals surface area contributed by atoms with Gasteiger partial charge in [0.15, 0.2) is 11.5 Å². The number of nitrogens with zero attached hydrogens (tertiary/aromatic N) is 1. The van der Waals surface area contributed by atoms with E-state index in [1.165, 1.54) is 5.56 Å². The molecule has 1 N–H and O–H groups in total. The highest BCUT2D eigenvalue weighted by atomic mass is 32.1. The van der Waals surface area contributed by atoms with Crippen LogP contribution in [0.25, 0.3) is 0 Å². The fourth-order valence-corrected chi connectivity index (χ4v) is 3.73. The zero-order chi connectivity index (χ0) is 20.6. The summed E-state index contributed by atoms with van der Waals surface area (Å²) in [4.78, 5) is 14.8. The highest BCUT2D eigenvalue weighted by molar-refractivity contribution is 7.07. The number of likely N-dealkylation sites (N-methyl/N-ethyl adjacent to an activating group) is 1. The Hall–Kier alpha value is -2.83. The Morgan fingerprint density at radius 1 is 1.10 bits per heavy atom. The number of amides is 1. The third-order valence-electron chi connectivity index (χ3n) is 4.67. The second-order valence-corrected chi connectivity index (χ2v) is 7.67. The smallest absolute Gasteiger partial charge is 0.251 e. The van der Waals surface area contributed by atoms with Crippen LogP contribution in [0.3, 0.4) is 0 Å². The fourth-order valence-electron chi connectivity index (χ4n) is 3.02. The minimum absolute atomic E-state index is 0.126. The molecule has 5 nitrogen and oxygen atoms in total. The molecule has 3 rings (SSSR count). The molecule has 1 aromatic heterocycles. The molecule has 0 aliphatic carbocycles. The molecule has 1 amide bonds. The van der Waals surface area contributed by atoms with E-state index in [0.717, 1.165) is 5.56 Å². The number of hydrogen-bond acceptors (Lipinski definition) is 5. The molecule has 0 spiro atoms. The SMILES string of the molecule is COc1cc(C(=O)NCC(c2ccsc2)N(C)C)ccc1OCc1ccccc1. The lowest BCUT2D eigenvalue weighted by Gasteiger charge is -2.24. The number of carbonyl (C=O) groups is 1. The van der Waals surface area contributed by atoms with Crippen molar-refractivity contribution in [3.05, 3.63) is 82.0 Å². The molecule has 0 bridgehead atoms. The van der Waals surface area contributed by atoms with Crippen molar-refractivity contribution in [2.45, 2.75) is 12.6 Å². The van der Waals surface area contributed by atoms with Crippen molar-refractivity contribution in [3.63, 3.8) is 0 Å². The molecule has 152 valence electrons. The van der Waals surface area contributed by atoms with E-state index < -0.39 is 0 Å². The third-order valence-corrected chi connectivity index (χ3v) is 5.37. The van der Waals surface area contributed by atoms with E-state index in [0.29, 0.717) is 30.2 Å². The van der Waals surface area contributed by atoms with Crippen LogP contribution in [0, 0.1) is 0 Å². The van der Waals surface area contributed by atoms with Crippen LogP contribution in [0.15, 0.2) is 65.4 Å². The van der Waals surface area contributed by atoms with E-state index in [4.69, 9.17) is 9.47 Å². The van der Waals surface area contributed by atoms with Crippen LogP contribution in [0.4, 0.5) is 0 Å². The Morgan fingerprint density at radius 2 is 1.90 bits per heavy atom. The van der Waals surface area contributed by atoms with E-state index in [9.17, 15) is 4.79 Å². The first-order chi connectivity index (χ1) is 14.1. The van der Waals surface area contributed by atoms with Crippen LogP contribution in [-0.4, -0.2) is 38.6 Å². The molecule has 0 aliphatic heterocycles. The Kier molecular flexibility index (Phi) is 7.27. The predicted octanol–water partition coefficient (Wildman–Crippen LogP) is 4.37. The van der Waals surface area contributed by atoms with E-state index in [2.05, 4.69) is 21.7 Å². The van der Waals surface area contributed by atoms with Gasteiger partial charge < -0.3 is 19.7 Å². The number of carbonyl (C=O) groups excluding carboxylic acids is 1. The van der Waals surface area contributed by atoms with Crippen LogP contribution in [0.2, 0.25) is 0 Å². The van der Waals surface area contributed by atoms with Crippen LogP contribution in [-0.2, 0) is 6.61 Å². The first-order valence-electron chi connectivity index (χ1n) is 9.40. The van der Waals surface area contributed by atoms with Crippen LogP contribution >= 0.6 is 11.3 Å². The Bertz CT molecular complexity index is 911. The van der Waals surface area contributed by atoms with Gasteiger partial charge in [-0.3, -0.25) is 4.79 Å². The van der Waals surface area contributed by atoms with Crippen molar-refractivity contribution in [2.75, 3.05) is 27.7 Å². The molecule has 2 aromatic carbocycles. The molecule has 29 heavy (non-hydrogen) atoms. The molecule has 1 heterocycles. The minimum atomic E-state index is -0.139. The Labute approximate surface area is 175 Å². The van der Waals surface area contributed by atoms with Gasteiger partial charge in [0.1, 0.15) is 6.61 Å². The molecule has 0 saturated heterocycles. The molecule has 6 heteroatoms. The average Bonchev–Trinajstić information content (AvgIpc) is 3.27. The lowest BCUT2D eigenvalue weighted by atomic mass is 10.1. The number of ether oxygens (including phenoxy) is 2. The molecule has 0 saturated carbocycles. The quantitative estimate of drug-likeness (QED) is 0.569. The van der Waals surface area contributed by atoms with Crippen molar-refractivity contribution in [1.29, 1.82) is 0 Å². The number of methoxy groups -OCH3 is 1. The number of hydrogen-bond donors (Lipinski definition) is 1. The normalized spacial score (nSPS) is 11.9. The summed E-state index contributed by atoms with van der Waals surface area (Å²) in [5, 5.41) is 7.18. The van der Waals surface area contributed by atoms with Gasteiger partial charge in [-0.15, -0.1) is 0 Å². The van der Waals surface area contributed by atoms with Crippen molar-refractivity contribution in [3.8, 4) is 11.5 Å². The minimum Gasteiger partial charge on any atom is -0.493 e. The van der Waals surface area contributed by atoms with Gasteiger partial charge in [0.25, 0.3) is 5.91 Å². The maximum absolute atomic E-state index is 12.7. The van der Waals surface area contributed by atoms with Crippen molar-refractivity contribution in [2.24, 2.45) is 0 Å². The predicted molar refractivity (Wildman–Crippen MR) is 117 cm³/mol. The fraction of sp³-hybridized carbons (Fsp3) is 0.261. The first kappa shape index (κ1) is 20.9. The highest BCUT2D eigenvalue weighted by Gasteiger charge is 2.17. The summed E-state index contributed by atoms with van der Waals surface area (Å²) >= 11 is 1.66. The zero-order valence-electron chi connectivity index (χ0n) is 16.9. The molecule has 0 fully saturated rings. The second kappa shape index (κ2) is 10.1. The summed E-state index contributed by atoms with van der Waals surface area (Å²) in [6, 6.07) is 17.4. The third kappa shape index (κ3) is 5.59. The van der Waals surface area contributed by atoms with E-state index in [1.807, 2.05) is 49.8 Å². The van der Waals surface area contributed by atoms with Crippen LogP contribution < -0.4 is 14.8 Å². The van der Waals surface area contributed by atoms with Crippen LogP contribution in [0.1, 0.15) is 27.5 Å². The molecule has 1 unspecified atom stereocenters. The summed E-state index contributed by atoms with van der Waals surface area (Å²) in [6.45, 7) is 0.963. The number of benzene rings is 2. The Balaban J connectivity index is 1.64. The second-order valence-electron chi connectivity index (χ2n) is 6.89. The maximum atomic E-state index is 12.7. The molecular formula is C23H26N2O3S. The van der Waals surface area contributed by atoms with Gasteiger partial charge in [-0.2, -0.15) is 11.3 Å². The molecule has 0 radical (unpaired) electrons. The molecule has 3 aromatic rings. The van der Waals surface area contributed by atoms with E-state index in [-0.39, 0.29) is 11.9 Å². The summed E-state index contributed by atoms with van der Waals surface area (Å²) in [5.41, 5.74) is 2.80. The van der Waals surface area contributed by atoms with Gasteiger partial charge in [0.2, 0.25) is 0 Å². The summed E-state index contributed by atoms with van der Waals surface area (Å²) in [6.07, 6.45) is 0. The standard InChI is InChI=1S/C23H26N2O3S/c1-25(2)20(19-11-12-29-16-19)14-24-23(26)18-9-10-21(22(13-18)27-3)28-15-17-7-5-4-6-8-17/h4-13,16,20H,14-15H2,1-3H3,(H,24,26). The summed E-state index contributed by atoms with van der Waals surface area (Å²) in [7, 11) is 5.60. The van der Waals surface area contributed by atoms with Crippen molar-refractivity contribution in [1.82, 2.24) is 10.2 Å². The highest BCUT2D eigenvalue weighted by Crippen LogP contribution is 2.29. The summed E-state index contributed by atoms with van der Waals surface area (Å²) in [5.74, 6) is 1.01. The molecule has 0 aliphatic rings. The van der Waals surface area contributed by atoms with Gasteiger partial charge >= 0.3 is 0 Å². The summed E-state index contributed by atoms with van der Waals surface area (Å²) < 4.78 is 11.3. The van der Waals surface area contributed by atoms with Crippen molar-refractivity contribution >= 4 is 17.2 Å². The number of rotatable bonds is 9. The Morgan fingerprint density at radius 3 is 2.55 bits per heavy atom. The lowest BCUT2D eigenvalue weighted by molar-refractivity contribution is 0.0941. The van der Waals surface area contributed by atoms with Gasteiger partial charge in [0.05, 0.1) is 13.2 Å². The van der Waals surface area contributed by atoms with Gasteiger partial charge in [-0.05, 0) is 60.2 Å². The van der Waals surface area contributed by atoms with E-state index >= 15 is 0 Å². The monoisotopic (exact) mass is 410 g/mol. The number of thiophene rings is 1. The van der Waals surface area contributed by atoms with Crippen LogP contribution in [0.5, 0.6) is 11.5 Å². The molecular weight excluding hydrogens is 384 g/mol. The average molecular weight is 411 g/mol. The zero-order valence-corrected chi connectivity index (χ0v) is 17.7. The largest absolute Gasteiger partial charge is 0.493 e.